The average Bonchev–Trinajstić information content (AvgIpc) is 2.37. The quantitative estimate of drug-likeness (QED) is 0.825. The fraction of sp³-hybridized carbons (Fsp3) is 0.636. The number of aliphatic carboxylic acids is 1. The van der Waals surface area contributed by atoms with Crippen molar-refractivity contribution < 1.29 is 9.90 Å². The van der Waals surface area contributed by atoms with Crippen LogP contribution >= 0.6 is 0 Å². The summed E-state index contributed by atoms with van der Waals surface area (Å²) in [7, 11) is 1.91. The van der Waals surface area contributed by atoms with Gasteiger partial charge in [0, 0.05) is 19.2 Å². The highest BCUT2D eigenvalue weighted by Gasteiger charge is 2.15. The molecular weight excluding hydrogens is 192 g/mol. The lowest BCUT2D eigenvalue weighted by Crippen LogP contribution is -2.00. The van der Waals surface area contributed by atoms with Gasteiger partial charge in [0.1, 0.15) is 0 Å². The Hall–Kier alpha value is -1.32. The molecule has 0 saturated heterocycles. The highest BCUT2D eigenvalue weighted by molar-refractivity contribution is 5.67. The monoisotopic (exact) mass is 210 g/mol. The standard InChI is InChI=1S/C11H18N2O2/c1-7(2)11-8(3)9(12-13(11)4)5-6-10(14)15/h7H,5-6H2,1-4H3,(H,14,15). The maximum absolute atomic E-state index is 10.5. The van der Waals surface area contributed by atoms with Crippen LogP contribution in [-0.4, -0.2) is 20.9 Å². The largest absolute Gasteiger partial charge is 0.481 e. The first-order valence-electron chi connectivity index (χ1n) is 5.17. The molecule has 0 aromatic carbocycles. The van der Waals surface area contributed by atoms with Gasteiger partial charge < -0.3 is 5.11 Å². The molecule has 1 aromatic heterocycles. The van der Waals surface area contributed by atoms with E-state index in [-0.39, 0.29) is 6.42 Å². The second kappa shape index (κ2) is 4.47. The number of aryl methyl sites for hydroxylation is 2. The zero-order chi connectivity index (χ0) is 11.6. The van der Waals surface area contributed by atoms with E-state index in [1.54, 1.807) is 0 Å². The van der Waals surface area contributed by atoms with E-state index in [2.05, 4.69) is 18.9 Å². The molecule has 0 saturated carbocycles. The third kappa shape index (κ3) is 2.58. The predicted molar refractivity (Wildman–Crippen MR) is 58.0 cm³/mol. The molecule has 15 heavy (non-hydrogen) atoms. The molecule has 0 atom stereocenters. The predicted octanol–water partition coefficient (Wildman–Crippen LogP) is 1.87. The van der Waals surface area contributed by atoms with Gasteiger partial charge in [-0.1, -0.05) is 13.8 Å². The van der Waals surface area contributed by atoms with Crippen molar-refractivity contribution in [3.63, 3.8) is 0 Å². The van der Waals surface area contributed by atoms with Gasteiger partial charge in [-0.05, 0) is 18.4 Å². The molecule has 0 radical (unpaired) electrons. The van der Waals surface area contributed by atoms with Gasteiger partial charge in [0.25, 0.3) is 0 Å². The van der Waals surface area contributed by atoms with Crippen LogP contribution < -0.4 is 0 Å². The molecule has 0 spiro atoms. The molecule has 1 N–H and O–H groups in total. The van der Waals surface area contributed by atoms with E-state index < -0.39 is 5.97 Å². The molecule has 0 unspecified atom stereocenters. The third-order valence-corrected chi connectivity index (χ3v) is 2.56. The lowest BCUT2D eigenvalue weighted by molar-refractivity contribution is -0.136. The summed E-state index contributed by atoms with van der Waals surface area (Å²) in [6.07, 6.45) is 0.664. The summed E-state index contributed by atoms with van der Waals surface area (Å²) in [5.74, 6) is -0.354. The van der Waals surface area contributed by atoms with Crippen molar-refractivity contribution in [1.29, 1.82) is 0 Å². The molecule has 0 fully saturated rings. The second-order valence-electron chi connectivity index (χ2n) is 4.13. The normalized spacial score (nSPS) is 11.0. The van der Waals surface area contributed by atoms with Crippen LogP contribution in [0.4, 0.5) is 0 Å². The molecule has 1 heterocycles. The van der Waals surface area contributed by atoms with Gasteiger partial charge in [-0.2, -0.15) is 5.10 Å². The topological polar surface area (TPSA) is 55.1 Å². The Labute approximate surface area is 89.9 Å². The Kier molecular flexibility index (Phi) is 3.50. The van der Waals surface area contributed by atoms with Crippen LogP contribution in [0.2, 0.25) is 0 Å². The summed E-state index contributed by atoms with van der Waals surface area (Å²) in [5, 5.41) is 13.0. The number of hydrogen-bond acceptors (Lipinski definition) is 2. The summed E-state index contributed by atoms with van der Waals surface area (Å²) in [6.45, 7) is 6.25. The van der Waals surface area contributed by atoms with Crippen molar-refractivity contribution in [1.82, 2.24) is 9.78 Å². The first kappa shape index (κ1) is 11.8. The lowest BCUT2D eigenvalue weighted by atomic mass is 10.0. The fourth-order valence-electron chi connectivity index (χ4n) is 1.97. The van der Waals surface area contributed by atoms with E-state index in [1.165, 1.54) is 5.69 Å². The minimum atomic E-state index is -0.772. The van der Waals surface area contributed by atoms with Gasteiger partial charge in [-0.15, -0.1) is 0 Å². The first-order valence-corrected chi connectivity index (χ1v) is 5.17. The van der Waals surface area contributed by atoms with Crippen LogP contribution in [0.3, 0.4) is 0 Å². The zero-order valence-corrected chi connectivity index (χ0v) is 9.74. The van der Waals surface area contributed by atoms with Crippen molar-refractivity contribution in [2.45, 2.75) is 39.5 Å². The van der Waals surface area contributed by atoms with E-state index in [0.717, 1.165) is 11.3 Å². The maximum Gasteiger partial charge on any atom is 0.303 e. The number of carbonyl (C=O) groups is 1. The summed E-state index contributed by atoms with van der Waals surface area (Å²) in [6, 6.07) is 0. The lowest BCUT2D eigenvalue weighted by Gasteiger charge is -2.06. The Morgan fingerprint density at radius 2 is 2.13 bits per heavy atom. The molecule has 0 aliphatic carbocycles. The number of carboxylic acid groups (broad SMARTS) is 1. The molecule has 4 heteroatoms. The molecule has 1 rings (SSSR count). The molecule has 84 valence electrons. The summed E-state index contributed by atoms with van der Waals surface area (Å²) in [4.78, 5) is 10.5. The third-order valence-electron chi connectivity index (χ3n) is 2.56. The molecule has 0 amide bonds. The van der Waals surface area contributed by atoms with E-state index in [1.807, 2.05) is 18.7 Å². The van der Waals surface area contributed by atoms with Crippen molar-refractivity contribution in [3.05, 3.63) is 17.0 Å². The maximum atomic E-state index is 10.5. The van der Waals surface area contributed by atoms with Crippen molar-refractivity contribution in [2.24, 2.45) is 7.05 Å². The first-order chi connectivity index (χ1) is 6.93. The van der Waals surface area contributed by atoms with Crippen molar-refractivity contribution in [2.75, 3.05) is 0 Å². The highest BCUT2D eigenvalue weighted by Crippen LogP contribution is 2.21. The molecule has 0 aliphatic heterocycles. The van der Waals surface area contributed by atoms with E-state index in [9.17, 15) is 4.79 Å². The van der Waals surface area contributed by atoms with E-state index in [0.29, 0.717) is 12.3 Å². The van der Waals surface area contributed by atoms with Gasteiger partial charge >= 0.3 is 5.97 Å². The van der Waals surface area contributed by atoms with Crippen LogP contribution in [0.1, 0.15) is 43.1 Å². The number of hydrogen-bond donors (Lipinski definition) is 1. The van der Waals surface area contributed by atoms with Crippen LogP contribution in [0.5, 0.6) is 0 Å². The highest BCUT2D eigenvalue weighted by atomic mass is 16.4. The zero-order valence-electron chi connectivity index (χ0n) is 9.74. The van der Waals surface area contributed by atoms with E-state index >= 15 is 0 Å². The smallest absolute Gasteiger partial charge is 0.303 e. The summed E-state index contributed by atoms with van der Waals surface area (Å²) < 4.78 is 1.86. The number of carboxylic acids is 1. The Balaban J connectivity index is 2.91. The van der Waals surface area contributed by atoms with Gasteiger partial charge in [0.05, 0.1) is 12.1 Å². The molecular formula is C11H18N2O2. The van der Waals surface area contributed by atoms with Gasteiger partial charge in [-0.3, -0.25) is 9.48 Å². The van der Waals surface area contributed by atoms with Crippen LogP contribution in [0, 0.1) is 6.92 Å². The number of rotatable bonds is 4. The average molecular weight is 210 g/mol. The Morgan fingerprint density at radius 3 is 2.53 bits per heavy atom. The van der Waals surface area contributed by atoms with Crippen molar-refractivity contribution in [3.8, 4) is 0 Å². The van der Waals surface area contributed by atoms with Gasteiger partial charge in [0.2, 0.25) is 0 Å². The van der Waals surface area contributed by atoms with Gasteiger partial charge in [0.15, 0.2) is 0 Å². The Morgan fingerprint density at radius 1 is 1.53 bits per heavy atom. The molecule has 0 bridgehead atoms. The van der Waals surface area contributed by atoms with Crippen molar-refractivity contribution >= 4 is 5.97 Å². The number of nitrogens with zero attached hydrogens (tertiary/aromatic N) is 2. The van der Waals surface area contributed by atoms with E-state index in [4.69, 9.17) is 5.11 Å². The molecule has 1 aromatic rings. The Bertz CT molecular complexity index is 367. The fourth-order valence-corrected chi connectivity index (χ4v) is 1.97. The molecule has 4 nitrogen and oxygen atoms in total. The minimum absolute atomic E-state index is 0.148. The SMILES string of the molecule is Cc1c(CCC(=O)O)nn(C)c1C(C)C. The summed E-state index contributed by atoms with van der Waals surface area (Å²) in [5.41, 5.74) is 3.23. The summed E-state index contributed by atoms with van der Waals surface area (Å²) >= 11 is 0. The van der Waals surface area contributed by atoms with Crippen LogP contribution in [-0.2, 0) is 18.3 Å². The van der Waals surface area contributed by atoms with Crippen LogP contribution in [0.15, 0.2) is 0 Å². The second-order valence-corrected chi connectivity index (χ2v) is 4.13. The minimum Gasteiger partial charge on any atom is -0.481 e. The van der Waals surface area contributed by atoms with Gasteiger partial charge in [-0.25, -0.2) is 0 Å². The number of aromatic nitrogens is 2. The van der Waals surface area contributed by atoms with Crippen LogP contribution in [0.25, 0.3) is 0 Å². The molecule has 0 aliphatic rings.